The lowest BCUT2D eigenvalue weighted by atomic mass is 9.75. The number of nitriles is 1. The number of rotatable bonds is 3. The topological polar surface area (TPSA) is 76.4 Å². The maximum atomic E-state index is 14.6. The molecular formula is C22H19FN4O2S. The minimum atomic E-state index is -0.849. The highest BCUT2D eigenvalue weighted by atomic mass is 32.1. The van der Waals surface area contributed by atoms with Crippen LogP contribution in [-0.2, 0) is 4.79 Å². The fraction of sp³-hybridized carbons (Fsp3) is 0.273. The third kappa shape index (κ3) is 2.77. The van der Waals surface area contributed by atoms with Crippen molar-refractivity contribution in [3.05, 3.63) is 58.9 Å². The van der Waals surface area contributed by atoms with Gasteiger partial charge in [0.05, 0.1) is 22.9 Å². The second-order valence-electron chi connectivity index (χ2n) is 7.50. The lowest BCUT2D eigenvalue weighted by Gasteiger charge is -2.43. The second-order valence-corrected chi connectivity index (χ2v) is 7.87. The van der Waals surface area contributed by atoms with Crippen LogP contribution in [0, 0.1) is 24.1 Å². The minimum Gasteiger partial charge on any atom is -0.355 e. The van der Waals surface area contributed by atoms with E-state index in [-0.39, 0.29) is 16.6 Å². The Morgan fingerprint density at radius 2 is 2.00 bits per heavy atom. The molecule has 0 bridgehead atoms. The van der Waals surface area contributed by atoms with Crippen LogP contribution in [-0.4, -0.2) is 29.5 Å². The van der Waals surface area contributed by atoms with Crippen LogP contribution < -0.4 is 15.1 Å². The molecule has 0 aromatic heterocycles. The summed E-state index contributed by atoms with van der Waals surface area (Å²) in [6, 6.07) is 11.4. The van der Waals surface area contributed by atoms with Crippen LogP contribution in [0.15, 0.2) is 36.4 Å². The van der Waals surface area contributed by atoms with Crippen molar-refractivity contribution < 1.29 is 14.0 Å². The predicted octanol–water partition coefficient (Wildman–Crippen LogP) is 3.43. The first-order chi connectivity index (χ1) is 14.3. The van der Waals surface area contributed by atoms with Gasteiger partial charge in [0.25, 0.3) is 11.8 Å². The van der Waals surface area contributed by atoms with Crippen molar-refractivity contribution in [2.75, 3.05) is 16.8 Å². The monoisotopic (exact) mass is 422 g/mol. The quantitative estimate of drug-likeness (QED) is 0.767. The van der Waals surface area contributed by atoms with Crippen LogP contribution in [0.2, 0.25) is 0 Å². The number of amides is 2. The Bertz CT molecular complexity index is 1140. The average Bonchev–Trinajstić information content (AvgIpc) is 2.94. The number of nitrogens with zero attached hydrogens (tertiary/aromatic N) is 3. The van der Waals surface area contributed by atoms with E-state index >= 15 is 0 Å². The molecule has 1 N–H and O–H groups in total. The van der Waals surface area contributed by atoms with Gasteiger partial charge in [-0.3, -0.25) is 14.5 Å². The summed E-state index contributed by atoms with van der Waals surface area (Å²) in [5, 5.41) is 11.8. The Kier molecular flexibility index (Phi) is 4.79. The molecule has 8 heteroatoms. The Morgan fingerprint density at radius 1 is 1.27 bits per heavy atom. The summed E-state index contributed by atoms with van der Waals surface area (Å²) in [5.74, 6) is -1.35. The zero-order valence-corrected chi connectivity index (χ0v) is 17.3. The molecule has 1 aliphatic carbocycles. The molecule has 2 aromatic carbocycles. The lowest BCUT2D eigenvalue weighted by Crippen LogP contribution is -2.55. The van der Waals surface area contributed by atoms with E-state index in [2.05, 4.69) is 11.4 Å². The normalized spacial score (nSPS) is 17.1. The van der Waals surface area contributed by atoms with E-state index in [1.807, 2.05) is 6.92 Å². The Morgan fingerprint density at radius 3 is 2.53 bits per heavy atom. The highest BCUT2D eigenvalue weighted by Gasteiger charge is 2.59. The van der Waals surface area contributed by atoms with Gasteiger partial charge in [-0.25, -0.2) is 4.39 Å². The maximum Gasteiger partial charge on any atom is 0.259 e. The summed E-state index contributed by atoms with van der Waals surface area (Å²) in [6.07, 6.45) is 2.08. The molecule has 1 spiro atoms. The van der Waals surface area contributed by atoms with Crippen molar-refractivity contribution in [1.29, 1.82) is 5.26 Å². The smallest absolute Gasteiger partial charge is 0.259 e. The summed E-state index contributed by atoms with van der Waals surface area (Å²) < 4.78 is 14.6. The van der Waals surface area contributed by atoms with Crippen molar-refractivity contribution in [2.45, 2.75) is 31.7 Å². The molecule has 1 saturated carbocycles. The molecule has 1 heterocycles. The molecule has 0 unspecified atom stereocenters. The summed E-state index contributed by atoms with van der Waals surface area (Å²) in [5.41, 5.74) is 1.38. The number of aryl methyl sites for hydroxylation is 1. The Labute approximate surface area is 178 Å². The molecule has 2 aliphatic rings. The van der Waals surface area contributed by atoms with Gasteiger partial charge in [0.2, 0.25) is 0 Å². The molecule has 152 valence electrons. The first-order valence-corrected chi connectivity index (χ1v) is 9.96. The van der Waals surface area contributed by atoms with Crippen LogP contribution in [0.4, 0.5) is 15.8 Å². The van der Waals surface area contributed by atoms with Crippen molar-refractivity contribution >= 4 is 40.5 Å². The molecule has 4 rings (SSSR count). The van der Waals surface area contributed by atoms with E-state index in [9.17, 15) is 14.0 Å². The largest absolute Gasteiger partial charge is 0.355 e. The van der Waals surface area contributed by atoms with Gasteiger partial charge in [0.15, 0.2) is 5.11 Å². The van der Waals surface area contributed by atoms with Gasteiger partial charge in [0.1, 0.15) is 11.4 Å². The third-order valence-electron chi connectivity index (χ3n) is 5.84. The number of halogens is 1. The van der Waals surface area contributed by atoms with Crippen LogP contribution in [0.1, 0.15) is 40.7 Å². The fourth-order valence-electron chi connectivity index (χ4n) is 4.13. The van der Waals surface area contributed by atoms with Gasteiger partial charge in [0, 0.05) is 12.7 Å². The van der Waals surface area contributed by atoms with Gasteiger partial charge in [-0.1, -0.05) is 0 Å². The van der Waals surface area contributed by atoms with E-state index in [1.165, 1.54) is 24.1 Å². The minimum absolute atomic E-state index is 0.0693. The molecule has 2 amide bonds. The van der Waals surface area contributed by atoms with Crippen LogP contribution in [0.5, 0.6) is 0 Å². The first kappa shape index (κ1) is 20.0. The summed E-state index contributed by atoms with van der Waals surface area (Å²) >= 11 is 5.69. The molecule has 0 radical (unpaired) electrons. The number of carbonyl (C=O) groups excluding carboxylic acids is 2. The number of hydrogen-bond acceptors (Lipinski definition) is 4. The van der Waals surface area contributed by atoms with Gasteiger partial charge in [-0.2, -0.15) is 5.26 Å². The number of nitrogens with one attached hydrogen (secondary N) is 1. The molecule has 30 heavy (non-hydrogen) atoms. The maximum absolute atomic E-state index is 14.6. The van der Waals surface area contributed by atoms with E-state index in [0.29, 0.717) is 29.8 Å². The van der Waals surface area contributed by atoms with Gasteiger partial charge in [-0.05, 0) is 80.4 Å². The van der Waals surface area contributed by atoms with Crippen molar-refractivity contribution in [2.24, 2.45) is 0 Å². The molecule has 2 fully saturated rings. The van der Waals surface area contributed by atoms with Gasteiger partial charge < -0.3 is 10.2 Å². The number of carbonyl (C=O) groups is 2. The second kappa shape index (κ2) is 7.18. The Balaban J connectivity index is 1.79. The van der Waals surface area contributed by atoms with Gasteiger partial charge >= 0.3 is 0 Å². The molecule has 1 saturated heterocycles. The predicted molar refractivity (Wildman–Crippen MR) is 115 cm³/mol. The summed E-state index contributed by atoms with van der Waals surface area (Å²) in [6.45, 7) is 1.82. The average molecular weight is 422 g/mol. The number of thiocarbonyl (C=S) groups is 1. The summed E-state index contributed by atoms with van der Waals surface area (Å²) in [4.78, 5) is 28.5. The van der Waals surface area contributed by atoms with Crippen LogP contribution in [0.3, 0.4) is 0 Å². The zero-order chi connectivity index (χ0) is 21.6. The van der Waals surface area contributed by atoms with E-state index in [4.69, 9.17) is 17.5 Å². The molecular weight excluding hydrogens is 403 g/mol. The van der Waals surface area contributed by atoms with Crippen molar-refractivity contribution in [3.63, 3.8) is 0 Å². The van der Waals surface area contributed by atoms with Crippen LogP contribution in [0.25, 0.3) is 0 Å². The highest BCUT2D eigenvalue weighted by molar-refractivity contribution is 7.81. The van der Waals surface area contributed by atoms with E-state index in [0.717, 1.165) is 12.0 Å². The van der Waals surface area contributed by atoms with E-state index in [1.54, 1.807) is 29.2 Å². The SMILES string of the molecule is CNC(=O)c1ccc(N2C(=S)N(c3ccc(C#N)cc3C)C(=O)C23CCC3)cc1F. The highest BCUT2D eigenvalue weighted by Crippen LogP contribution is 2.48. The molecule has 6 nitrogen and oxygen atoms in total. The standard InChI is InChI=1S/C22H19FN4O2S/c1-13-10-14(12-24)4-7-18(13)26-20(29)22(8-3-9-22)27(21(26)30)15-5-6-16(17(23)11-15)19(28)25-2/h4-7,10-11H,3,8-9H2,1-2H3,(H,25,28). The molecule has 0 atom stereocenters. The molecule has 2 aromatic rings. The lowest BCUT2D eigenvalue weighted by molar-refractivity contribution is -0.123. The molecule has 1 aliphatic heterocycles. The fourth-order valence-corrected chi connectivity index (χ4v) is 4.59. The zero-order valence-electron chi connectivity index (χ0n) is 16.5. The first-order valence-electron chi connectivity index (χ1n) is 9.55. The third-order valence-corrected chi connectivity index (χ3v) is 6.21. The van der Waals surface area contributed by atoms with Crippen LogP contribution >= 0.6 is 12.2 Å². The van der Waals surface area contributed by atoms with E-state index < -0.39 is 17.3 Å². The number of anilines is 2. The van der Waals surface area contributed by atoms with Crippen molar-refractivity contribution in [1.82, 2.24) is 5.32 Å². The van der Waals surface area contributed by atoms with Crippen molar-refractivity contribution in [3.8, 4) is 6.07 Å². The number of hydrogen-bond donors (Lipinski definition) is 1. The number of benzene rings is 2. The van der Waals surface area contributed by atoms with Gasteiger partial charge in [-0.15, -0.1) is 0 Å². The summed E-state index contributed by atoms with van der Waals surface area (Å²) in [7, 11) is 1.44. The Hall–Kier alpha value is -3.31.